The van der Waals surface area contributed by atoms with Gasteiger partial charge in [0, 0.05) is 18.2 Å². The van der Waals surface area contributed by atoms with Crippen molar-refractivity contribution in [3.63, 3.8) is 0 Å². The topological polar surface area (TPSA) is 39.7 Å². The van der Waals surface area contributed by atoms with Crippen LogP contribution in [0.25, 0.3) is 0 Å². The smallest absolute Gasteiger partial charge is 0.141 e. The summed E-state index contributed by atoms with van der Waals surface area (Å²) < 4.78 is 17.6. The summed E-state index contributed by atoms with van der Waals surface area (Å²) in [4.78, 5) is 0. The van der Waals surface area contributed by atoms with Crippen LogP contribution in [0.5, 0.6) is 11.5 Å². The Morgan fingerprint density at radius 2 is 2.19 bits per heavy atom. The third kappa shape index (κ3) is 3.90. The molecule has 1 aromatic rings. The van der Waals surface area contributed by atoms with Crippen molar-refractivity contribution in [2.75, 3.05) is 27.4 Å². The van der Waals surface area contributed by atoms with Crippen molar-refractivity contribution >= 4 is 15.9 Å². The molecule has 2 rings (SSSR count). The standard InChI is InChI=1S/C16H24BrNO3/c1-4-18-13(10-11-6-5-9-21-11)12-7-8-14(19-2)15(17)16(12)20-3/h7-8,11,13,18H,4-6,9-10H2,1-3H3. The molecule has 0 aromatic heterocycles. The zero-order valence-corrected chi connectivity index (χ0v) is 14.5. The van der Waals surface area contributed by atoms with Gasteiger partial charge in [0.2, 0.25) is 0 Å². The third-order valence-electron chi connectivity index (χ3n) is 3.86. The van der Waals surface area contributed by atoms with Crippen LogP contribution in [-0.4, -0.2) is 33.5 Å². The highest BCUT2D eigenvalue weighted by atomic mass is 79.9. The van der Waals surface area contributed by atoms with Crippen molar-refractivity contribution in [1.82, 2.24) is 5.32 Å². The highest BCUT2D eigenvalue weighted by Gasteiger charge is 2.25. The lowest BCUT2D eigenvalue weighted by molar-refractivity contribution is 0.0944. The lowest BCUT2D eigenvalue weighted by atomic mass is 9.98. The maximum absolute atomic E-state index is 5.78. The summed E-state index contributed by atoms with van der Waals surface area (Å²) >= 11 is 3.58. The minimum absolute atomic E-state index is 0.218. The molecule has 1 aromatic carbocycles. The van der Waals surface area contributed by atoms with Gasteiger partial charge in [0.1, 0.15) is 16.0 Å². The second-order valence-electron chi connectivity index (χ2n) is 5.19. The van der Waals surface area contributed by atoms with Crippen molar-refractivity contribution in [1.29, 1.82) is 0 Å². The van der Waals surface area contributed by atoms with Crippen LogP contribution in [0.2, 0.25) is 0 Å². The molecule has 0 saturated carbocycles. The van der Waals surface area contributed by atoms with Gasteiger partial charge in [-0.15, -0.1) is 0 Å². The molecule has 1 aliphatic rings. The highest BCUT2D eigenvalue weighted by molar-refractivity contribution is 9.10. The van der Waals surface area contributed by atoms with Gasteiger partial charge in [-0.1, -0.05) is 6.92 Å². The van der Waals surface area contributed by atoms with Crippen LogP contribution in [0.4, 0.5) is 0 Å². The quantitative estimate of drug-likeness (QED) is 0.807. The van der Waals surface area contributed by atoms with E-state index in [1.807, 2.05) is 6.07 Å². The molecule has 1 N–H and O–H groups in total. The molecule has 1 fully saturated rings. The molecule has 5 heteroatoms. The van der Waals surface area contributed by atoms with Crippen LogP contribution in [0.1, 0.15) is 37.8 Å². The Labute approximate surface area is 135 Å². The molecule has 0 aliphatic carbocycles. The summed E-state index contributed by atoms with van der Waals surface area (Å²) in [5, 5.41) is 3.54. The second-order valence-corrected chi connectivity index (χ2v) is 5.98. The summed E-state index contributed by atoms with van der Waals surface area (Å²) in [5.74, 6) is 1.61. The van der Waals surface area contributed by atoms with Gasteiger partial charge in [-0.2, -0.15) is 0 Å². The Kier molecular flexibility index (Phi) is 6.33. The molecule has 1 heterocycles. The molecule has 0 amide bonds. The maximum atomic E-state index is 5.78. The van der Waals surface area contributed by atoms with Crippen LogP contribution >= 0.6 is 15.9 Å². The fourth-order valence-corrected chi connectivity index (χ4v) is 3.54. The van der Waals surface area contributed by atoms with E-state index in [2.05, 4.69) is 34.2 Å². The Morgan fingerprint density at radius 1 is 1.38 bits per heavy atom. The summed E-state index contributed by atoms with van der Waals surface area (Å²) in [6, 6.07) is 4.27. The van der Waals surface area contributed by atoms with Crippen LogP contribution in [0.3, 0.4) is 0 Å². The van der Waals surface area contributed by atoms with E-state index in [1.165, 1.54) is 0 Å². The summed E-state index contributed by atoms with van der Waals surface area (Å²) in [6.07, 6.45) is 3.59. The number of hydrogen-bond donors (Lipinski definition) is 1. The van der Waals surface area contributed by atoms with E-state index in [0.717, 1.165) is 53.9 Å². The number of rotatable bonds is 7. The van der Waals surface area contributed by atoms with E-state index in [-0.39, 0.29) is 6.04 Å². The van der Waals surface area contributed by atoms with Gasteiger partial charge >= 0.3 is 0 Å². The Balaban J connectivity index is 2.27. The number of benzene rings is 1. The first-order valence-corrected chi connectivity index (χ1v) is 8.25. The fraction of sp³-hybridized carbons (Fsp3) is 0.625. The maximum Gasteiger partial charge on any atom is 0.141 e. The molecule has 2 unspecified atom stereocenters. The molecule has 0 spiro atoms. The molecular weight excluding hydrogens is 334 g/mol. The van der Waals surface area contributed by atoms with E-state index in [9.17, 15) is 0 Å². The number of methoxy groups -OCH3 is 2. The Bertz CT molecular complexity index is 461. The van der Waals surface area contributed by atoms with Gasteiger partial charge in [0.05, 0.1) is 20.3 Å². The number of ether oxygens (including phenoxy) is 3. The molecule has 1 saturated heterocycles. The van der Waals surface area contributed by atoms with Crippen LogP contribution in [0, 0.1) is 0 Å². The van der Waals surface area contributed by atoms with Gasteiger partial charge in [-0.3, -0.25) is 0 Å². The van der Waals surface area contributed by atoms with Crippen molar-refractivity contribution in [2.45, 2.75) is 38.3 Å². The lowest BCUT2D eigenvalue weighted by Crippen LogP contribution is -2.25. The molecule has 4 nitrogen and oxygen atoms in total. The Hall–Kier alpha value is -0.780. The summed E-state index contributed by atoms with van der Waals surface area (Å²) in [5.41, 5.74) is 1.14. The van der Waals surface area contributed by atoms with E-state index in [0.29, 0.717) is 6.10 Å². The van der Waals surface area contributed by atoms with E-state index in [1.54, 1.807) is 14.2 Å². The minimum atomic E-state index is 0.218. The van der Waals surface area contributed by atoms with Gasteiger partial charge in [-0.25, -0.2) is 0 Å². The number of hydrogen-bond acceptors (Lipinski definition) is 4. The average molecular weight is 358 g/mol. The lowest BCUT2D eigenvalue weighted by Gasteiger charge is -2.24. The third-order valence-corrected chi connectivity index (χ3v) is 4.62. The molecule has 21 heavy (non-hydrogen) atoms. The predicted octanol–water partition coefficient (Wildman–Crippen LogP) is 3.69. The Morgan fingerprint density at radius 3 is 2.76 bits per heavy atom. The largest absolute Gasteiger partial charge is 0.495 e. The predicted molar refractivity (Wildman–Crippen MR) is 87.3 cm³/mol. The molecule has 0 radical (unpaired) electrons. The summed E-state index contributed by atoms with van der Waals surface area (Å²) in [6.45, 7) is 3.91. The fourth-order valence-electron chi connectivity index (χ4n) is 2.85. The van der Waals surface area contributed by atoms with Gasteiger partial charge in [-0.05, 0) is 53.9 Å². The van der Waals surface area contributed by atoms with Gasteiger partial charge in [0.25, 0.3) is 0 Å². The first-order chi connectivity index (χ1) is 10.2. The molecule has 1 aliphatic heterocycles. The van der Waals surface area contributed by atoms with Crippen molar-refractivity contribution in [3.05, 3.63) is 22.2 Å². The van der Waals surface area contributed by atoms with Crippen molar-refractivity contribution in [3.8, 4) is 11.5 Å². The van der Waals surface area contributed by atoms with E-state index < -0.39 is 0 Å². The monoisotopic (exact) mass is 357 g/mol. The number of nitrogens with one attached hydrogen (secondary N) is 1. The molecule has 2 atom stereocenters. The zero-order chi connectivity index (χ0) is 15.2. The zero-order valence-electron chi connectivity index (χ0n) is 12.9. The van der Waals surface area contributed by atoms with Crippen LogP contribution in [-0.2, 0) is 4.74 Å². The molecule has 0 bridgehead atoms. The van der Waals surface area contributed by atoms with Gasteiger partial charge < -0.3 is 19.5 Å². The van der Waals surface area contributed by atoms with Crippen LogP contribution in [0.15, 0.2) is 16.6 Å². The van der Waals surface area contributed by atoms with Crippen LogP contribution < -0.4 is 14.8 Å². The average Bonchev–Trinajstić information content (AvgIpc) is 2.99. The SMILES string of the molecule is CCNC(CC1CCCO1)c1ccc(OC)c(Br)c1OC. The second kappa shape index (κ2) is 8.01. The first-order valence-electron chi connectivity index (χ1n) is 7.46. The normalized spacial score (nSPS) is 19.5. The first kappa shape index (κ1) is 16.6. The van der Waals surface area contributed by atoms with Gasteiger partial charge in [0.15, 0.2) is 0 Å². The minimum Gasteiger partial charge on any atom is -0.495 e. The van der Waals surface area contributed by atoms with E-state index in [4.69, 9.17) is 14.2 Å². The van der Waals surface area contributed by atoms with E-state index >= 15 is 0 Å². The molecular formula is C16H24BrNO3. The molecule has 118 valence electrons. The summed E-state index contributed by atoms with van der Waals surface area (Å²) in [7, 11) is 3.35. The highest BCUT2D eigenvalue weighted by Crippen LogP contribution is 2.41. The number of halogens is 1. The van der Waals surface area contributed by atoms with Crippen molar-refractivity contribution in [2.24, 2.45) is 0 Å². The van der Waals surface area contributed by atoms with Crippen molar-refractivity contribution < 1.29 is 14.2 Å².